The van der Waals surface area contributed by atoms with E-state index in [1.54, 1.807) is 12.4 Å². The number of pyridine rings is 2. The van der Waals surface area contributed by atoms with E-state index in [4.69, 9.17) is 5.11 Å². The van der Waals surface area contributed by atoms with E-state index in [-0.39, 0.29) is 5.56 Å². The van der Waals surface area contributed by atoms with Crippen molar-refractivity contribution in [3.8, 4) is 11.3 Å². The molecule has 25 heavy (non-hydrogen) atoms. The molecule has 0 aliphatic carbocycles. The van der Waals surface area contributed by atoms with Crippen LogP contribution in [-0.2, 0) is 16.4 Å². The third-order valence-corrected chi connectivity index (χ3v) is 5.62. The number of nitrogens with zero attached hydrogens (tertiary/aromatic N) is 3. The van der Waals surface area contributed by atoms with E-state index in [1.165, 1.54) is 22.8 Å². The summed E-state index contributed by atoms with van der Waals surface area (Å²) >= 11 is 0. The van der Waals surface area contributed by atoms with Gasteiger partial charge in [0.15, 0.2) is 0 Å². The van der Waals surface area contributed by atoms with E-state index in [9.17, 15) is 13.2 Å². The maximum atomic E-state index is 11.6. The van der Waals surface area contributed by atoms with Crippen molar-refractivity contribution < 1.29 is 18.3 Å². The number of carboxylic acids is 1. The molecule has 0 amide bonds. The molecule has 2 aromatic rings. The molecule has 1 saturated heterocycles. The normalized spacial score (nSPS) is 18.4. The zero-order chi connectivity index (χ0) is 18.0. The molecule has 0 saturated carbocycles. The molecule has 1 fully saturated rings. The van der Waals surface area contributed by atoms with Crippen molar-refractivity contribution in [1.29, 1.82) is 0 Å². The minimum absolute atomic E-state index is 0.121. The van der Waals surface area contributed by atoms with Gasteiger partial charge in [0.05, 0.1) is 17.5 Å². The molecule has 1 atom stereocenters. The van der Waals surface area contributed by atoms with Crippen molar-refractivity contribution in [2.75, 3.05) is 19.3 Å². The third-order valence-electron chi connectivity index (χ3n) is 4.35. The molecule has 3 rings (SSSR count). The number of carboxylic acid groups (broad SMARTS) is 1. The van der Waals surface area contributed by atoms with Crippen LogP contribution in [-0.4, -0.2) is 53.1 Å². The first-order chi connectivity index (χ1) is 11.8. The van der Waals surface area contributed by atoms with Crippen LogP contribution in [0.3, 0.4) is 0 Å². The Morgan fingerprint density at radius 1 is 1.32 bits per heavy atom. The fourth-order valence-corrected chi connectivity index (χ4v) is 3.93. The quantitative estimate of drug-likeness (QED) is 0.869. The predicted octanol–water partition coefficient (Wildman–Crippen LogP) is 1.67. The Labute approximate surface area is 146 Å². The summed E-state index contributed by atoms with van der Waals surface area (Å²) in [6.45, 7) is 1.12. The zero-order valence-electron chi connectivity index (χ0n) is 13.8. The van der Waals surface area contributed by atoms with Gasteiger partial charge in [0.25, 0.3) is 0 Å². The Morgan fingerprint density at radius 2 is 2.12 bits per heavy atom. The second-order valence-electron chi connectivity index (χ2n) is 6.30. The van der Waals surface area contributed by atoms with Crippen LogP contribution in [0.4, 0.5) is 0 Å². The first kappa shape index (κ1) is 17.5. The highest BCUT2D eigenvalue weighted by Crippen LogP contribution is 2.24. The van der Waals surface area contributed by atoms with Crippen LogP contribution >= 0.6 is 0 Å². The SMILES string of the molecule is CS(=O)(=O)N1CC[C@@H](Cc2ccc(-c3cncc(C(=O)O)c3)nc2)C1. The fraction of sp³-hybridized carbons (Fsp3) is 0.353. The summed E-state index contributed by atoms with van der Waals surface area (Å²) in [5, 5.41) is 9.03. The van der Waals surface area contributed by atoms with Crippen LogP contribution in [0.5, 0.6) is 0 Å². The molecule has 0 spiro atoms. The molecule has 0 aromatic carbocycles. The summed E-state index contributed by atoms with van der Waals surface area (Å²) in [6.07, 6.45) is 7.49. The first-order valence-corrected chi connectivity index (χ1v) is 9.76. The number of hydrogen-bond donors (Lipinski definition) is 1. The second-order valence-corrected chi connectivity index (χ2v) is 8.28. The highest BCUT2D eigenvalue weighted by atomic mass is 32.2. The molecule has 0 unspecified atom stereocenters. The number of hydrogen-bond acceptors (Lipinski definition) is 5. The second kappa shape index (κ2) is 6.89. The summed E-state index contributed by atoms with van der Waals surface area (Å²) < 4.78 is 24.7. The van der Waals surface area contributed by atoms with Crippen LogP contribution in [0.1, 0.15) is 22.3 Å². The average molecular weight is 361 g/mol. The smallest absolute Gasteiger partial charge is 0.337 e. The number of carbonyl (C=O) groups is 1. The lowest BCUT2D eigenvalue weighted by Crippen LogP contribution is -2.27. The first-order valence-electron chi connectivity index (χ1n) is 7.91. The summed E-state index contributed by atoms with van der Waals surface area (Å²) in [5.41, 5.74) is 2.46. The van der Waals surface area contributed by atoms with Crippen LogP contribution < -0.4 is 0 Å². The number of sulfonamides is 1. The number of rotatable bonds is 5. The van der Waals surface area contributed by atoms with E-state index in [2.05, 4.69) is 9.97 Å². The van der Waals surface area contributed by atoms with Gasteiger partial charge in [-0.3, -0.25) is 9.97 Å². The van der Waals surface area contributed by atoms with Gasteiger partial charge in [-0.1, -0.05) is 6.07 Å². The van der Waals surface area contributed by atoms with E-state index in [1.807, 2.05) is 12.1 Å². The van der Waals surface area contributed by atoms with E-state index < -0.39 is 16.0 Å². The standard InChI is InChI=1S/C17H19N3O4S/c1-25(23,24)20-5-4-13(11-20)6-12-2-3-16(19-8-12)14-7-15(17(21)22)10-18-9-14/h2-3,7-10,13H,4-6,11H2,1H3,(H,21,22)/t13-/m0/s1. The van der Waals surface area contributed by atoms with Gasteiger partial charge in [0.1, 0.15) is 0 Å². The van der Waals surface area contributed by atoms with Crippen molar-refractivity contribution in [1.82, 2.24) is 14.3 Å². The van der Waals surface area contributed by atoms with E-state index in [0.29, 0.717) is 30.3 Å². The van der Waals surface area contributed by atoms with Gasteiger partial charge >= 0.3 is 5.97 Å². The van der Waals surface area contributed by atoms with Crippen molar-refractivity contribution in [2.45, 2.75) is 12.8 Å². The molecule has 3 heterocycles. The molecule has 2 aromatic heterocycles. The number of aromatic carboxylic acids is 1. The van der Waals surface area contributed by atoms with Gasteiger partial charge < -0.3 is 5.11 Å². The number of aromatic nitrogens is 2. The molecule has 0 radical (unpaired) electrons. The molecule has 1 N–H and O–H groups in total. The lowest BCUT2D eigenvalue weighted by molar-refractivity contribution is 0.0696. The molecule has 1 aliphatic heterocycles. The van der Waals surface area contributed by atoms with Gasteiger partial charge in [-0.2, -0.15) is 0 Å². The topological polar surface area (TPSA) is 100 Å². The minimum Gasteiger partial charge on any atom is -0.478 e. The van der Waals surface area contributed by atoms with Gasteiger partial charge in [-0.15, -0.1) is 0 Å². The highest BCUT2D eigenvalue weighted by Gasteiger charge is 2.28. The van der Waals surface area contributed by atoms with Crippen LogP contribution in [0.15, 0.2) is 36.8 Å². The van der Waals surface area contributed by atoms with Gasteiger partial charge in [0, 0.05) is 37.2 Å². The van der Waals surface area contributed by atoms with Crippen molar-refractivity contribution >= 4 is 16.0 Å². The fourth-order valence-electron chi connectivity index (χ4n) is 3.01. The molecule has 132 valence electrons. The van der Waals surface area contributed by atoms with Crippen molar-refractivity contribution in [3.05, 3.63) is 47.9 Å². The Kier molecular flexibility index (Phi) is 4.82. The highest BCUT2D eigenvalue weighted by molar-refractivity contribution is 7.88. The van der Waals surface area contributed by atoms with Gasteiger partial charge in [-0.05, 0) is 36.5 Å². The molecule has 8 heteroatoms. The van der Waals surface area contributed by atoms with E-state index in [0.717, 1.165) is 18.4 Å². The Bertz CT molecular complexity index is 881. The summed E-state index contributed by atoms with van der Waals surface area (Å²) in [7, 11) is -3.12. The summed E-state index contributed by atoms with van der Waals surface area (Å²) in [4.78, 5) is 19.4. The van der Waals surface area contributed by atoms with Crippen LogP contribution in [0, 0.1) is 5.92 Å². The Morgan fingerprint density at radius 3 is 2.72 bits per heavy atom. The molecular weight excluding hydrogens is 342 g/mol. The van der Waals surface area contributed by atoms with Crippen molar-refractivity contribution in [2.24, 2.45) is 5.92 Å². The lowest BCUT2D eigenvalue weighted by Gasteiger charge is -2.13. The molecule has 1 aliphatic rings. The Balaban J connectivity index is 1.69. The maximum Gasteiger partial charge on any atom is 0.337 e. The van der Waals surface area contributed by atoms with Crippen molar-refractivity contribution in [3.63, 3.8) is 0 Å². The third kappa shape index (κ3) is 4.21. The maximum absolute atomic E-state index is 11.6. The summed E-state index contributed by atoms with van der Waals surface area (Å²) in [5.74, 6) is -0.734. The minimum atomic E-state index is -3.12. The van der Waals surface area contributed by atoms with Crippen LogP contribution in [0.25, 0.3) is 11.3 Å². The monoisotopic (exact) mass is 361 g/mol. The largest absolute Gasteiger partial charge is 0.478 e. The predicted molar refractivity (Wildman–Crippen MR) is 92.7 cm³/mol. The summed E-state index contributed by atoms with van der Waals surface area (Å²) in [6, 6.07) is 5.32. The van der Waals surface area contributed by atoms with E-state index >= 15 is 0 Å². The van der Waals surface area contributed by atoms with Crippen LogP contribution in [0.2, 0.25) is 0 Å². The zero-order valence-corrected chi connectivity index (χ0v) is 14.6. The average Bonchev–Trinajstić information content (AvgIpc) is 3.04. The molecular formula is C17H19N3O4S. The molecule has 7 nitrogen and oxygen atoms in total. The van der Waals surface area contributed by atoms with Gasteiger partial charge in [-0.25, -0.2) is 17.5 Å². The lowest BCUT2D eigenvalue weighted by atomic mass is 9.99. The Hall–Kier alpha value is -2.32. The molecule has 0 bridgehead atoms. The van der Waals surface area contributed by atoms with Gasteiger partial charge in [0.2, 0.25) is 10.0 Å².